The highest BCUT2D eigenvalue weighted by molar-refractivity contribution is 5.62. The van der Waals surface area contributed by atoms with Crippen LogP contribution in [0.3, 0.4) is 0 Å². The Kier molecular flexibility index (Phi) is 4.44. The van der Waals surface area contributed by atoms with Gasteiger partial charge in [0.05, 0.1) is 12.7 Å². The van der Waals surface area contributed by atoms with Crippen LogP contribution in [0, 0.1) is 6.92 Å². The Morgan fingerprint density at radius 1 is 1.50 bits per heavy atom. The van der Waals surface area contributed by atoms with Crippen LogP contribution >= 0.6 is 0 Å². The molecule has 1 aromatic rings. The van der Waals surface area contributed by atoms with Gasteiger partial charge in [0.25, 0.3) is 0 Å². The van der Waals surface area contributed by atoms with Crippen molar-refractivity contribution >= 4 is 11.4 Å². The maximum absolute atomic E-state index is 5.89. The zero-order valence-electron chi connectivity index (χ0n) is 11.3. The fourth-order valence-corrected chi connectivity index (χ4v) is 2.26. The highest BCUT2D eigenvalue weighted by Gasteiger charge is 2.18. The van der Waals surface area contributed by atoms with Crippen LogP contribution in [0.15, 0.2) is 18.2 Å². The smallest absolute Gasteiger partial charge is 0.0874 e. The molecule has 1 aliphatic rings. The van der Waals surface area contributed by atoms with Gasteiger partial charge in [-0.15, -0.1) is 0 Å². The van der Waals surface area contributed by atoms with Gasteiger partial charge < -0.3 is 15.8 Å². The minimum Gasteiger partial charge on any atom is -0.398 e. The van der Waals surface area contributed by atoms with E-state index < -0.39 is 0 Å². The molecule has 18 heavy (non-hydrogen) atoms. The van der Waals surface area contributed by atoms with Crippen molar-refractivity contribution in [3.05, 3.63) is 23.8 Å². The molecule has 3 N–H and O–H groups in total. The van der Waals surface area contributed by atoms with Crippen molar-refractivity contribution in [1.29, 1.82) is 0 Å². The molecule has 2 rings (SSSR count). The summed E-state index contributed by atoms with van der Waals surface area (Å²) in [5.74, 6) is 0. The van der Waals surface area contributed by atoms with E-state index in [0.29, 0.717) is 0 Å². The lowest BCUT2D eigenvalue weighted by Crippen LogP contribution is -2.45. The predicted octanol–water partition coefficient (Wildman–Crippen LogP) is 1.71. The Morgan fingerprint density at radius 3 is 3.11 bits per heavy atom. The number of rotatable bonds is 4. The first-order valence-corrected chi connectivity index (χ1v) is 6.63. The zero-order chi connectivity index (χ0) is 13.0. The molecule has 100 valence electrons. The third-order valence-electron chi connectivity index (χ3n) is 3.57. The van der Waals surface area contributed by atoms with Gasteiger partial charge in [-0.25, -0.2) is 0 Å². The number of nitrogen functional groups attached to an aromatic ring is 1. The van der Waals surface area contributed by atoms with Gasteiger partial charge in [0, 0.05) is 31.0 Å². The van der Waals surface area contributed by atoms with Crippen molar-refractivity contribution in [2.24, 2.45) is 0 Å². The van der Waals surface area contributed by atoms with Crippen molar-refractivity contribution in [2.75, 3.05) is 43.8 Å². The minimum absolute atomic E-state index is 0.263. The molecule has 4 nitrogen and oxygen atoms in total. The number of nitrogens with one attached hydrogen (secondary N) is 1. The highest BCUT2D eigenvalue weighted by Crippen LogP contribution is 2.20. The summed E-state index contributed by atoms with van der Waals surface area (Å²) < 4.78 is 5.77. The summed E-state index contributed by atoms with van der Waals surface area (Å²) in [7, 11) is 0. The summed E-state index contributed by atoms with van der Waals surface area (Å²) in [5, 5.41) is 3.44. The second kappa shape index (κ2) is 6.07. The molecule has 0 saturated carbocycles. The summed E-state index contributed by atoms with van der Waals surface area (Å²) in [6.07, 6.45) is 0.263. The van der Waals surface area contributed by atoms with Crippen molar-refractivity contribution in [1.82, 2.24) is 4.90 Å². The molecule has 1 saturated heterocycles. The minimum atomic E-state index is 0.263. The van der Waals surface area contributed by atoms with Crippen LogP contribution in [0.5, 0.6) is 0 Å². The van der Waals surface area contributed by atoms with Crippen molar-refractivity contribution < 1.29 is 4.74 Å². The van der Waals surface area contributed by atoms with Crippen LogP contribution in [0.4, 0.5) is 11.4 Å². The van der Waals surface area contributed by atoms with Gasteiger partial charge in [-0.3, -0.25) is 4.90 Å². The van der Waals surface area contributed by atoms with E-state index >= 15 is 0 Å². The first-order chi connectivity index (χ1) is 8.70. The number of nitrogens with two attached hydrogens (primary N) is 1. The monoisotopic (exact) mass is 249 g/mol. The molecular weight excluding hydrogens is 226 g/mol. The van der Waals surface area contributed by atoms with Gasteiger partial charge in [0.15, 0.2) is 0 Å². The van der Waals surface area contributed by atoms with Gasteiger partial charge in [0.2, 0.25) is 0 Å². The van der Waals surface area contributed by atoms with E-state index in [9.17, 15) is 0 Å². The normalized spacial score (nSPS) is 20.9. The third kappa shape index (κ3) is 3.15. The fraction of sp³-hybridized carbons (Fsp3) is 0.571. The molecule has 1 unspecified atom stereocenters. The first kappa shape index (κ1) is 13.2. The van der Waals surface area contributed by atoms with E-state index in [1.54, 1.807) is 0 Å². The molecule has 1 aromatic carbocycles. The number of benzene rings is 1. The van der Waals surface area contributed by atoms with Gasteiger partial charge in [-0.2, -0.15) is 0 Å². The Balaban J connectivity index is 1.89. The number of ether oxygens (including phenoxy) is 1. The molecule has 0 spiro atoms. The summed E-state index contributed by atoms with van der Waals surface area (Å²) in [5.41, 5.74) is 8.94. The Labute approximate surface area is 109 Å². The largest absolute Gasteiger partial charge is 0.398 e. The lowest BCUT2D eigenvalue weighted by Gasteiger charge is -2.32. The zero-order valence-corrected chi connectivity index (χ0v) is 11.3. The van der Waals surface area contributed by atoms with E-state index in [0.717, 1.165) is 49.7 Å². The SMILES string of the molecule is CCN1CCOC(CNc2cccc(N)c2C)C1. The number of likely N-dealkylation sites (N-methyl/N-ethyl adjacent to an activating group) is 1. The van der Waals surface area contributed by atoms with Crippen molar-refractivity contribution in [3.8, 4) is 0 Å². The van der Waals surface area contributed by atoms with Crippen LogP contribution < -0.4 is 11.1 Å². The van der Waals surface area contributed by atoms with Crippen LogP contribution in [-0.4, -0.2) is 43.8 Å². The average molecular weight is 249 g/mol. The van der Waals surface area contributed by atoms with Crippen molar-refractivity contribution in [3.63, 3.8) is 0 Å². The van der Waals surface area contributed by atoms with E-state index in [1.807, 2.05) is 19.1 Å². The van der Waals surface area contributed by atoms with Crippen LogP contribution in [0.2, 0.25) is 0 Å². The second-order valence-corrected chi connectivity index (χ2v) is 4.79. The van der Waals surface area contributed by atoms with Crippen LogP contribution in [-0.2, 0) is 4.74 Å². The molecule has 0 radical (unpaired) electrons. The van der Waals surface area contributed by atoms with E-state index in [4.69, 9.17) is 10.5 Å². The Hall–Kier alpha value is -1.26. The summed E-state index contributed by atoms with van der Waals surface area (Å²) in [6, 6.07) is 5.97. The lowest BCUT2D eigenvalue weighted by molar-refractivity contribution is -0.0191. The molecule has 1 fully saturated rings. The molecule has 1 heterocycles. The summed E-state index contributed by atoms with van der Waals surface area (Å²) in [4.78, 5) is 2.42. The molecule has 0 amide bonds. The van der Waals surface area contributed by atoms with Crippen LogP contribution in [0.25, 0.3) is 0 Å². The maximum atomic E-state index is 5.89. The Bertz CT molecular complexity index is 395. The predicted molar refractivity (Wildman–Crippen MR) is 75.9 cm³/mol. The van der Waals surface area contributed by atoms with Gasteiger partial charge in [0.1, 0.15) is 0 Å². The van der Waals surface area contributed by atoms with Gasteiger partial charge in [-0.1, -0.05) is 13.0 Å². The van der Waals surface area contributed by atoms with Crippen LogP contribution in [0.1, 0.15) is 12.5 Å². The summed E-state index contributed by atoms with van der Waals surface area (Å²) >= 11 is 0. The number of morpholine rings is 1. The number of anilines is 2. The fourth-order valence-electron chi connectivity index (χ4n) is 2.26. The number of nitrogens with zero attached hydrogens (tertiary/aromatic N) is 1. The molecule has 0 bridgehead atoms. The summed E-state index contributed by atoms with van der Waals surface area (Å²) in [6.45, 7) is 9.04. The molecular formula is C14H23N3O. The maximum Gasteiger partial charge on any atom is 0.0874 e. The van der Waals surface area contributed by atoms with Crippen molar-refractivity contribution in [2.45, 2.75) is 20.0 Å². The molecule has 4 heteroatoms. The average Bonchev–Trinajstić information content (AvgIpc) is 2.41. The van der Waals surface area contributed by atoms with E-state index in [1.165, 1.54) is 0 Å². The number of hydrogen-bond donors (Lipinski definition) is 2. The van der Waals surface area contributed by atoms with E-state index in [-0.39, 0.29) is 6.10 Å². The van der Waals surface area contributed by atoms with Gasteiger partial charge in [-0.05, 0) is 31.2 Å². The molecule has 0 aliphatic carbocycles. The standard InChI is InChI=1S/C14H23N3O/c1-3-17-7-8-18-12(10-17)9-16-14-6-4-5-13(15)11(14)2/h4-6,12,16H,3,7-10,15H2,1-2H3. The molecule has 0 aromatic heterocycles. The molecule has 1 aliphatic heterocycles. The highest BCUT2D eigenvalue weighted by atomic mass is 16.5. The quantitative estimate of drug-likeness (QED) is 0.798. The number of hydrogen-bond acceptors (Lipinski definition) is 4. The topological polar surface area (TPSA) is 50.5 Å². The molecule has 1 atom stereocenters. The van der Waals surface area contributed by atoms with E-state index in [2.05, 4.69) is 23.2 Å². The second-order valence-electron chi connectivity index (χ2n) is 4.79. The van der Waals surface area contributed by atoms with Gasteiger partial charge >= 0.3 is 0 Å². The lowest BCUT2D eigenvalue weighted by atomic mass is 10.1. The Morgan fingerprint density at radius 2 is 2.33 bits per heavy atom. The third-order valence-corrected chi connectivity index (χ3v) is 3.57. The first-order valence-electron chi connectivity index (χ1n) is 6.63.